The summed E-state index contributed by atoms with van der Waals surface area (Å²) >= 11 is 0. The largest absolute Gasteiger partial charge is 0.478 e. The van der Waals surface area contributed by atoms with Gasteiger partial charge in [-0.3, -0.25) is 10.1 Å². The molecular formula is C37H37N3O7. The number of benzene rings is 4. The summed E-state index contributed by atoms with van der Waals surface area (Å²) in [5, 5.41) is 21.4. The van der Waals surface area contributed by atoms with Gasteiger partial charge in [-0.25, -0.2) is 9.59 Å². The van der Waals surface area contributed by atoms with Crippen molar-refractivity contribution in [3.8, 4) is 0 Å². The molecule has 2 saturated heterocycles. The Hall–Kier alpha value is -5.06. The molecule has 242 valence electrons. The number of rotatable bonds is 10. The highest BCUT2D eigenvalue weighted by Gasteiger charge is 2.55. The van der Waals surface area contributed by atoms with Crippen LogP contribution in [0.2, 0.25) is 0 Å². The lowest BCUT2D eigenvalue weighted by Crippen LogP contribution is -2.51. The average molecular weight is 636 g/mol. The van der Waals surface area contributed by atoms with E-state index >= 15 is 4.79 Å². The molecule has 4 aromatic carbocycles. The number of carboxylic acids is 1. The molecule has 0 spiro atoms. The van der Waals surface area contributed by atoms with Gasteiger partial charge in [0.2, 0.25) is 0 Å². The smallest absolute Gasteiger partial charge is 0.335 e. The van der Waals surface area contributed by atoms with E-state index in [9.17, 15) is 20.0 Å². The average Bonchev–Trinajstić information content (AvgIpc) is 3.36. The zero-order chi connectivity index (χ0) is 33.1. The Morgan fingerprint density at radius 1 is 0.745 bits per heavy atom. The molecular weight excluding hydrogens is 598 g/mol. The molecule has 10 nitrogen and oxygen atoms in total. The van der Waals surface area contributed by atoms with E-state index in [-0.39, 0.29) is 30.4 Å². The van der Waals surface area contributed by atoms with Crippen molar-refractivity contribution in [1.82, 2.24) is 9.80 Å². The van der Waals surface area contributed by atoms with Crippen LogP contribution in [-0.4, -0.2) is 61.9 Å². The SMILES string of the molecule is CC1(C)O[C@@H]2[C@@H](O1)[C@@H](Cc1ccccc1)N(Cc1cccc([N+](=O)[O-])c1)C(=O)N(Cc1cccc(C(=O)O)c1)[C@@H]2Cc1ccccc1. The van der Waals surface area contributed by atoms with Gasteiger partial charge in [-0.05, 0) is 61.1 Å². The molecule has 0 unspecified atom stereocenters. The standard InChI is InChI=1S/C37H37N3O7/c1-37(2)46-33-31(21-25-11-5-3-6-12-25)38(23-27-15-9-17-29(19-27)35(41)42)36(43)39(24-28-16-10-18-30(20-28)40(44)45)32(34(33)47-37)22-26-13-7-4-8-14-26/h3-20,31-34H,21-24H2,1-2H3,(H,41,42)/t31-,32-,33+,34+/m1/s1. The summed E-state index contributed by atoms with van der Waals surface area (Å²) in [5.74, 6) is -2.01. The van der Waals surface area contributed by atoms with Gasteiger partial charge in [-0.1, -0.05) is 84.9 Å². The molecule has 2 aliphatic rings. The molecule has 10 heteroatoms. The van der Waals surface area contributed by atoms with E-state index in [1.807, 2.05) is 80.6 Å². The summed E-state index contributed by atoms with van der Waals surface area (Å²) in [6, 6.07) is 31.4. The molecule has 2 aliphatic heterocycles. The van der Waals surface area contributed by atoms with Crippen molar-refractivity contribution in [2.24, 2.45) is 0 Å². The van der Waals surface area contributed by atoms with Gasteiger partial charge in [-0.15, -0.1) is 0 Å². The van der Waals surface area contributed by atoms with Crippen molar-refractivity contribution in [2.45, 2.75) is 69.9 Å². The highest BCUT2D eigenvalue weighted by Crippen LogP contribution is 2.40. The number of nitro groups is 1. The number of carbonyl (C=O) groups excluding carboxylic acids is 1. The summed E-state index contributed by atoms with van der Waals surface area (Å²) in [6.45, 7) is 3.95. The Morgan fingerprint density at radius 2 is 1.21 bits per heavy atom. The number of non-ortho nitro benzene ring substituents is 1. The molecule has 0 saturated carbocycles. The molecule has 0 aliphatic carbocycles. The normalized spacial score (nSPS) is 22.0. The Balaban J connectivity index is 1.50. The highest BCUT2D eigenvalue weighted by molar-refractivity contribution is 5.87. The zero-order valence-corrected chi connectivity index (χ0v) is 26.3. The van der Waals surface area contributed by atoms with Crippen molar-refractivity contribution >= 4 is 17.7 Å². The van der Waals surface area contributed by atoms with Crippen molar-refractivity contribution in [2.75, 3.05) is 0 Å². The van der Waals surface area contributed by atoms with Crippen LogP contribution in [0.15, 0.2) is 109 Å². The fraction of sp³-hybridized carbons (Fsp3) is 0.297. The van der Waals surface area contributed by atoms with Crippen LogP contribution in [0.3, 0.4) is 0 Å². The third-order valence-electron chi connectivity index (χ3n) is 8.79. The number of amides is 2. The van der Waals surface area contributed by atoms with Gasteiger partial charge in [0.1, 0.15) is 12.2 Å². The third-order valence-corrected chi connectivity index (χ3v) is 8.79. The van der Waals surface area contributed by atoms with E-state index in [0.29, 0.717) is 24.0 Å². The van der Waals surface area contributed by atoms with Crippen molar-refractivity contribution < 1.29 is 29.1 Å². The molecule has 2 heterocycles. The summed E-state index contributed by atoms with van der Waals surface area (Å²) < 4.78 is 13.4. The predicted molar refractivity (Wildman–Crippen MR) is 175 cm³/mol. The first-order valence-electron chi connectivity index (χ1n) is 15.6. The Kier molecular flexibility index (Phi) is 9.06. The van der Waals surface area contributed by atoms with Crippen molar-refractivity contribution in [3.63, 3.8) is 0 Å². The number of hydrogen-bond donors (Lipinski definition) is 1. The number of aromatic carboxylic acids is 1. The minimum Gasteiger partial charge on any atom is -0.478 e. The fourth-order valence-electron chi connectivity index (χ4n) is 6.71. The van der Waals surface area contributed by atoms with Crippen LogP contribution >= 0.6 is 0 Å². The second kappa shape index (κ2) is 13.4. The number of ether oxygens (including phenoxy) is 2. The quantitative estimate of drug-likeness (QED) is 0.156. The van der Waals surface area contributed by atoms with Gasteiger partial charge in [0.05, 0.1) is 22.6 Å². The number of nitro benzene ring substituents is 1. The van der Waals surface area contributed by atoms with Crippen LogP contribution in [0.5, 0.6) is 0 Å². The summed E-state index contributed by atoms with van der Waals surface area (Å²) in [7, 11) is 0. The van der Waals surface area contributed by atoms with Crippen molar-refractivity contribution in [3.05, 3.63) is 147 Å². The lowest BCUT2D eigenvalue weighted by molar-refractivity contribution is -0.384. The van der Waals surface area contributed by atoms with Gasteiger partial charge in [0, 0.05) is 25.2 Å². The summed E-state index contributed by atoms with van der Waals surface area (Å²) in [4.78, 5) is 41.7. The molecule has 4 atom stereocenters. The summed E-state index contributed by atoms with van der Waals surface area (Å²) in [6.07, 6.45) is -0.158. The molecule has 0 aromatic heterocycles. The topological polar surface area (TPSA) is 122 Å². The molecule has 47 heavy (non-hydrogen) atoms. The molecule has 4 aromatic rings. The number of carboxylic acid groups (broad SMARTS) is 1. The number of hydrogen-bond acceptors (Lipinski definition) is 6. The van der Waals surface area contributed by atoms with Crippen LogP contribution in [0.25, 0.3) is 0 Å². The monoisotopic (exact) mass is 635 g/mol. The first-order valence-corrected chi connectivity index (χ1v) is 15.6. The number of nitrogens with zero attached hydrogens (tertiary/aromatic N) is 3. The lowest BCUT2D eigenvalue weighted by Gasteiger charge is -2.37. The number of urea groups is 1. The van der Waals surface area contributed by atoms with Gasteiger partial charge >= 0.3 is 12.0 Å². The lowest BCUT2D eigenvalue weighted by atomic mass is 9.91. The molecule has 6 rings (SSSR count). The maximum Gasteiger partial charge on any atom is 0.335 e. The maximum atomic E-state index is 15.1. The number of carbonyl (C=O) groups is 2. The third kappa shape index (κ3) is 7.19. The zero-order valence-electron chi connectivity index (χ0n) is 26.3. The van der Waals surface area contributed by atoms with Gasteiger partial charge in [0.15, 0.2) is 5.79 Å². The van der Waals surface area contributed by atoms with Gasteiger partial charge in [0.25, 0.3) is 5.69 Å². The first kappa shape index (κ1) is 31.9. The Labute approximate surface area is 273 Å². The second-order valence-electron chi connectivity index (χ2n) is 12.5. The molecule has 0 radical (unpaired) electrons. The van der Waals surface area contributed by atoms with E-state index < -0.39 is 41.0 Å². The maximum absolute atomic E-state index is 15.1. The first-order chi connectivity index (χ1) is 22.6. The van der Waals surface area contributed by atoms with Gasteiger partial charge < -0.3 is 24.4 Å². The summed E-state index contributed by atoms with van der Waals surface area (Å²) in [5.41, 5.74) is 3.34. The second-order valence-corrected chi connectivity index (χ2v) is 12.5. The van der Waals surface area contributed by atoms with E-state index in [1.165, 1.54) is 18.2 Å². The van der Waals surface area contributed by atoms with Crippen LogP contribution in [0.4, 0.5) is 10.5 Å². The Bertz CT molecular complexity index is 1620. The fourth-order valence-corrected chi connectivity index (χ4v) is 6.71. The van der Waals surface area contributed by atoms with Gasteiger partial charge in [-0.2, -0.15) is 0 Å². The highest BCUT2D eigenvalue weighted by atomic mass is 16.8. The van der Waals surface area contributed by atoms with Crippen LogP contribution in [-0.2, 0) is 35.4 Å². The van der Waals surface area contributed by atoms with E-state index in [0.717, 1.165) is 11.1 Å². The predicted octanol–water partition coefficient (Wildman–Crippen LogP) is 6.47. The van der Waals surface area contributed by atoms with E-state index in [2.05, 4.69) is 0 Å². The van der Waals surface area contributed by atoms with Crippen LogP contribution in [0.1, 0.15) is 46.5 Å². The van der Waals surface area contributed by atoms with Crippen LogP contribution < -0.4 is 0 Å². The minimum absolute atomic E-state index is 0.0619. The molecule has 1 N–H and O–H groups in total. The minimum atomic E-state index is -1.06. The molecule has 2 amide bonds. The van der Waals surface area contributed by atoms with Crippen molar-refractivity contribution in [1.29, 1.82) is 0 Å². The van der Waals surface area contributed by atoms with Crippen LogP contribution in [0, 0.1) is 10.1 Å². The van der Waals surface area contributed by atoms with E-state index in [4.69, 9.17) is 9.47 Å². The molecule has 0 bridgehead atoms. The number of fused-ring (bicyclic) bond motifs is 1. The Morgan fingerprint density at radius 3 is 1.70 bits per heavy atom. The molecule has 2 fully saturated rings. The van der Waals surface area contributed by atoms with E-state index in [1.54, 1.807) is 34.1 Å².